The third kappa shape index (κ3) is 6.55. The second kappa shape index (κ2) is 8.99. The molecule has 1 saturated carbocycles. The Kier molecular flexibility index (Phi) is 7.29. The van der Waals surface area contributed by atoms with E-state index in [9.17, 15) is 17.6 Å². The molecule has 0 aromatic rings. The van der Waals surface area contributed by atoms with Gasteiger partial charge in [-0.1, -0.05) is 19.4 Å². The molecule has 0 unspecified atom stereocenters. The molecule has 0 radical (unpaired) electrons. The van der Waals surface area contributed by atoms with Crippen LogP contribution in [0.4, 0.5) is 17.6 Å². The minimum absolute atomic E-state index is 0.204. The highest BCUT2D eigenvalue weighted by atomic mass is 19.4. The van der Waals surface area contributed by atoms with Gasteiger partial charge in [0.25, 0.3) is 0 Å². The zero-order valence-electron chi connectivity index (χ0n) is 14.0. The van der Waals surface area contributed by atoms with Crippen LogP contribution in [-0.2, 0) is 9.47 Å². The van der Waals surface area contributed by atoms with E-state index in [1.165, 1.54) is 0 Å². The quantitative estimate of drug-likeness (QED) is 0.478. The molecule has 0 bridgehead atoms. The van der Waals surface area contributed by atoms with Crippen molar-refractivity contribution >= 4 is 0 Å². The lowest BCUT2D eigenvalue weighted by molar-refractivity contribution is -0.175. The van der Waals surface area contributed by atoms with Crippen molar-refractivity contribution in [2.45, 2.75) is 57.9 Å². The average Bonchev–Trinajstić information content (AvgIpc) is 2.53. The topological polar surface area (TPSA) is 18.5 Å². The van der Waals surface area contributed by atoms with Crippen LogP contribution in [0.15, 0.2) is 24.1 Å². The van der Waals surface area contributed by atoms with E-state index >= 15 is 0 Å². The molecule has 1 heterocycles. The minimum atomic E-state index is -4.58. The largest absolute Gasteiger partial charge is 0.412 e. The van der Waals surface area contributed by atoms with Crippen molar-refractivity contribution in [3.63, 3.8) is 0 Å². The van der Waals surface area contributed by atoms with E-state index in [0.29, 0.717) is 44.8 Å². The lowest BCUT2D eigenvalue weighted by Gasteiger charge is -2.29. The number of hydrogen-bond donors (Lipinski definition) is 0. The fourth-order valence-electron chi connectivity index (χ4n) is 3.35. The maximum Gasteiger partial charge on any atom is 0.412 e. The Morgan fingerprint density at radius 1 is 1.04 bits per heavy atom. The van der Waals surface area contributed by atoms with Gasteiger partial charge >= 0.3 is 6.18 Å². The van der Waals surface area contributed by atoms with E-state index in [1.807, 2.05) is 12.2 Å². The number of allylic oxidation sites excluding steroid dienone is 3. The number of ether oxygens (including phenoxy) is 2. The number of hydrogen-bond acceptors (Lipinski definition) is 2. The summed E-state index contributed by atoms with van der Waals surface area (Å²) in [6.45, 7) is 3.53. The number of halogens is 4. The highest BCUT2D eigenvalue weighted by molar-refractivity contribution is 5.04. The van der Waals surface area contributed by atoms with Crippen LogP contribution in [0.2, 0.25) is 0 Å². The molecule has 0 amide bonds. The van der Waals surface area contributed by atoms with Crippen molar-refractivity contribution in [2.24, 2.45) is 17.8 Å². The molecule has 0 aromatic heterocycles. The summed E-state index contributed by atoms with van der Waals surface area (Å²) in [5.41, 5.74) is 0. The Labute approximate surface area is 140 Å². The van der Waals surface area contributed by atoms with Crippen molar-refractivity contribution in [3.8, 4) is 0 Å². The molecular formula is C18H26F4O2. The van der Waals surface area contributed by atoms with Crippen molar-refractivity contribution in [3.05, 3.63) is 24.1 Å². The molecule has 2 fully saturated rings. The van der Waals surface area contributed by atoms with Crippen LogP contribution in [0.25, 0.3) is 0 Å². The number of rotatable bonds is 5. The summed E-state index contributed by atoms with van der Waals surface area (Å²) < 4.78 is 61.4. The molecule has 1 aliphatic carbocycles. The van der Waals surface area contributed by atoms with Crippen molar-refractivity contribution in [1.82, 2.24) is 0 Å². The molecule has 0 N–H and O–H groups in total. The standard InChI is InChI=1S/C18H26F4O2/c1-2-3-14-11-23-17(24-12-14)9-6-13-4-7-15(8-5-13)16(19)10-18(20,21)22/h6,9-10,13-15,17H,2-5,7-8,11-12H2,1H3. The van der Waals surface area contributed by atoms with Crippen LogP contribution in [0.1, 0.15) is 45.4 Å². The molecule has 1 saturated heterocycles. The third-order valence-electron chi connectivity index (χ3n) is 4.69. The first-order valence-electron chi connectivity index (χ1n) is 8.74. The average molecular weight is 350 g/mol. The SMILES string of the molecule is CCCC1COC(C=CC2CCC(C(F)=CC(F)(F)F)CC2)OC1. The van der Waals surface area contributed by atoms with E-state index in [-0.39, 0.29) is 18.3 Å². The Balaban J connectivity index is 1.72. The fourth-order valence-corrected chi connectivity index (χ4v) is 3.35. The second-order valence-electron chi connectivity index (χ2n) is 6.76. The summed E-state index contributed by atoms with van der Waals surface area (Å²) in [6, 6.07) is 0. The van der Waals surface area contributed by atoms with Crippen LogP contribution >= 0.6 is 0 Å². The first-order chi connectivity index (χ1) is 11.4. The number of alkyl halides is 3. The summed E-state index contributed by atoms with van der Waals surface area (Å²) in [7, 11) is 0. The summed E-state index contributed by atoms with van der Waals surface area (Å²) in [6.07, 6.45) is 3.24. The van der Waals surface area contributed by atoms with E-state index < -0.39 is 17.9 Å². The van der Waals surface area contributed by atoms with E-state index in [1.54, 1.807) is 0 Å². The zero-order valence-corrected chi connectivity index (χ0v) is 14.0. The van der Waals surface area contributed by atoms with Gasteiger partial charge in [-0.2, -0.15) is 13.2 Å². The predicted molar refractivity (Wildman–Crippen MR) is 83.9 cm³/mol. The van der Waals surface area contributed by atoms with Crippen LogP contribution < -0.4 is 0 Å². The van der Waals surface area contributed by atoms with Gasteiger partial charge in [-0.15, -0.1) is 0 Å². The van der Waals surface area contributed by atoms with Gasteiger partial charge in [-0.25, -0.2) is 4.39 Å². The van der Waals surface area contributed by atoms with Gasteiger partial charge in [0.1, 0.15) is 5.83 Å². The van der Waals surface area contributed by atoms with Crippen LogP contribution in [-0.4, -0.2) is 25.7 Å². The molecule has 0 atom stereocenters. The Morgan fingerprint density at radius 2 is 1.67 bits per heavy atom. The first kappa shape index (κ1) is 19.4. The van der Waals surface area contributed by atoms with Gasteiger partial charge in [-0.05, 0) is 44.1 Å². The second-order valence-corrected chi connectivity index (χ2v) is 6.76. The van der Waals surface area contributed by atoms with Crippen LogP contribution in [0.5, 0.6) is 0 Å². The van der Waals surface area contributed by atoms with Crippen molar-refractivity contribution in [1.29, 1.82) is 0 Å². The normalized spacial score (nSPS) is 33.1. The molecular weight excluding hydrogens is 324 g/mol. The first-order valence-corrected chi connectivity index (χ1v) is 8.74. The summed E-state index contributed by atoms with van der Waals surface area (Å²) in [5, 5.41) is 0. The lowest BCUT2D eigenvalue weighted by Crippen LogP contribution is -2.30. The molecule has 0 spiro atoms. The van der Waals surface area contributed by atoms with Crippen LogP contribution in [0, 0.1) is 17.8 Å². The fraction of sp³-hybridized carbons (Fsp3) is 0.778. The Morgan fingerprint density at radius 3 is 2.21 bits per heavy atom. The molecule has 2 aliphatic rings. The lowest BCUT2D eigenvalue weighted by atomic mass is 9.81. The van der Waals surface area contributed by atoms with Crippen LogP contribution in [0.3, 0.4) is 0 Å². The Bertz CT molecular complexity index is 429. The highest BCUT2D eigenvalue weighted by Gasteiger charge is 2.30. The molecule has 24 heavy (non-hydrogen) atoms. The van der Waals surface area contributed by atoms with E-state index in [2.05, 4.69) is 6.92 Å². The van der Waals surface area contributed by atoms with E-state index in [0.717, 1.165) is 12.8 Å². The maximum absolute atomic E-state index is 13.6. The predicted octanol–water partition coefficient (Wildman–Crippen LogP) is 5.55. The van der Waals surface area contributed by atoms with Crippen molar-refractivity contribution in [2.75, 3.05) is 13.2 Å². The van der Waals surface area contributed by atoms with E-state index in [4.69, 9.17) is 9.47 Å². The molecule has 138 valence electrons. The summed E-state index contributed by atoms with van der Waals surface area (Å²) >= 11 is 0. The van der Waals surface area contributed by atoms with Gasteiger partial charge in [0.15, 0.2) is 6.29 Å². The maximum atomic E-state index is 13.6. The third-order valence-corrected chi connectivity index (χ3v) is 4.69. The van der Waals surface area contributed by atoms with Gasteiger partial charge in [0, 0.05) is 11.8 Å². The van der Waals surface area contributed by atoms with Gasteiger partial charge in [-0.3, -0.25) is 0 Å². The molecule has 2 nitrogen and oxygen atoms in total. The summed E-state index contributed by atoms with van der Waals surface area (Å²) in [5.74, 6) is -0.932. The monoisotopic (exact) mass is 350 g/mol. The van der Waals surface area contributed by atoms with Crippen molar-refractivity contribution < 1.29 is 27.0 Å². The minimum Gasteiger partial charge on any atom is -0.349 e. The summed E-state index contributed by atoms with van der Waals surface area (Å²) in [4.78, 5) is 0. The molecule has 6 heteroatoms. The van der Waals surface area contributed by atoms with Gasteiger partial charge < -0.3 is 9.47 Å². The van der Waals surface area contributed by atoms with Gasteiger partial charge in [0.05, 0.1) is 19.3 Å². The van der Waals surface area contributed by atoms with Gasteiger partial charge in [0.2, 0.25) is 0 Å². The molecule has 2 rings (SSSR count). The molecule has 1 aliphatic heterocycles. The molecule has 0 aromatic carbocycles. The highest BCUT2D eigenvalue weighted by Crippen LogP contribution is 2.36. The Hall–Kier alpha value is -0.880. The smallest absolute Gasteiger partial charge is 0.349 e. The zero-order chi connectivity index (χ0) is 17.6.